The molecule has 7 heteroatoms. The van der Waals surface area contributed by atoms with Crippen LogP contribution in [0.15, 0.2) is 47.7 Å². The molecule has 0 saturated carbocycles. The van der Waals surface area contributed by atoms with Gasteiger partial charge < -0.3 is 16.0 Å². The van der Waals surface area contributed by atoms with E-state index in [1.165, 1.54) is 18.3 Å². The van der Waals surface area contributed by atoms with Crippen LogP contribution in [0.1, 0.15) is 28.4 Å². The number of guanidine groups is 1. The lowest BCUT2D eigenvalue weighted by molar-refractivity contribution is 0.0954. The maximum absolute atomic E-state index is 13.2. The van der Waals surface area contributed by atoms with Crippen molar-refractivity contribution in [1.82, 2.24) is 20.9 Å². The second-order valence-corrected chi connectivity index (χ2v) is 6.01. The first kappa shape index (κ1) is 20.4. The summed E-state index contributed by atoms with van der Waals surface area (Å²) in [4.78, 5) is 20.4. The number of carbonyl (C=O) groups excluding carboxylic acids is 1. The molecule has 2 rings (SSSR count). The average Bonchev–Trinajstić information content (AvgIpc) is 2.67. The van der Waals surface area contributed by atoms with Crippen LogP contribution in [0.25, 0.3) is 0 Å². The molecular weight excluding hydrogens is 345 g/mol. The van der Waals surface area contributed by atoms with Crippen LogP contribution in [0.5, 0.6) is 0 Å². The molecule has 0 aliphatic rings. The molecule has 1 aromatic heterocycles. The lowest BCUT2D eigenvalue weighted by atomic mass is 10.1. The number of amides is 1. The van der Waals surface area contributed by atoms with E-state index in [0.29, 0.717) is 31.2 Å². The van der Waals surface area contributed by atoms with Crippen LogP contribution >= 0.6 is 0 Å². The van der Waals surface area contributed by atoms with Crippen molar-refractivity contribution in [3.63, 3.8) is 0 Å². The Labute approximate surface area is 159 Å². The monoisotopic (exact) mass is 371 g/mol. The molecule has 2 aromatic rings. The maximum atomic E-state index is 13.2. The molecule has 0 saturated heterocycles. The summed E-state index contributed by atoms with van der Waals surface area (Å²) in [5.74, 6) is 0.314. The number of aromatic nitrogens is 1. The summed E-state index contributed by atoms with van der Waals surface area (Å²) in [6, 6.07) is 8.26. The summed E-state index contributed by atoms with van der Waals surface area (Å²) >= 11 is 0. The first-order chi connectivity index (χ1) is 13.1. The molecule has 0 aliphatic carbocycles. The fourth-order valence-corrected chi connectivity index (χ4v) is 2.53. The normalized spacial score (nSPS) is 11.1. The van der Waals surface area contributed by atoms with E-state index in [4.69, 9.17) is 0 Å². The van der Waals surface area contributed by atoms with Gasteiger partial charge in [-0.15, -0.1) is 0 Å². The third-order valence-electron chi connectivity index (χ3n) is 3.93. The zero-order valence-electron chi connectivity index (χ0n) is 15.8. The molecule has 0 bridgehead atoms. The highest BCUT2D eigenvalue weighted by Gasteiger charge is 2.04. The van der Waals surface area contributed by atoms with Gasteiger partial charge in [0.2, 0.25) is 0 Å². The predicted octanol–water partition coefficient (Wildman–Crippen LogP) is 2.06. The highest BCUT2D eigenvalue weighted by Crippen LogP contribution is 2.10. The highest BCUT2D eigenvalue weighted by atomic mass is 19.1. The van der Waals surface area contributed by atoms with E-state index in [2.05, 4.69) is 25.9 Å². The first-order valence-electron chi connectivity index (χ1n) is 9.05. The Kier molecular flexibility index (Phi) is 8.22. The predicted molar refractivity (Wildman–Crippen MR) is 105 cm³/mol. The molecule has 1 amide bonds. The molecule has 0 fully saturated rings. The van der Waals surface area contributed by atoms with Crippen molar-refractivity contribution in [2.75, 3.05) is 26.2 Å². The van der Waals surface area contributed by atoms with E-state index in [9.17, 15) is 9.18 Å². The average molecular weight is 371 g/mol. The Hall–Kier alpha value is -2.96. The van der Waals surface area contributed by atoms with Gasteiger partial charge in [-0.2, -0.15) is 0 Å². The standard InChI is InChI=1S/C20H26FN5O/c1-3-23-20(25-10-8-16-6-7-18(21)13-15(16)2)26-12-11-24-19(27)17-5-4-9-22-14-17/h4-7,9,13-14H,3,8,10-12H2,1-2H3,(H,24,27)(H2,23,25,26). The van der Waals surface area contributed by atoms with Crippen LogP contribution in [0.4, 0.5) is 4.39 Å². The lowest BCUT2D eigenvalue weighted by Crippen LogP contribution is -2.41. The van der Waals surface area contributed by atoms with Gasteiger partial charge in [-0.1, -0.05) is 6.07 Å². The van der Waals surface area contributed by atoms with Gasteiger partial charge in [0, 0.05) is 38.6 Å². The minimum absolute atomic E-state index is 0.154. The zero-order chi connectivity index (χ0) is 19.5. The SMILES string of the molecule is CCNC(=NCCc1ccc(F)cc1C)NCCNC(=O)c1cccnc1. The van der Waals surface area contributed by atoms with E-state index in [0.717, 1.165) is 24.1 Å². The molecule has 0 atom stereocenters. The quantitative estimate of drug-likeness (QED) is 0.377. The molecule has 0 aliphatic heterocycles. The van der Waals surface area contributed by atoms with Crippen molar-refractivity contribution in [3.8, 4) is 0 Å². The van der Waals surface area contributed by atoms with Crippen molar-refractivity contribution < 1.29 is 9.18 Å². The smallest absolute Gasteiger partial charge is 0.252 e. The fraction of sp³-hybridized carbons (Fsp3) is 0.350. The Balaban J connectivity index is 1.77. The van der Waals surface area contributed by atoms with Gasteiger partial charge >= 0.3 is 0 Å². The largest absolute Gasteiger partial charge is 0.357 e. The summed E-state index contributed by atoms with van der Waals surface area (Å²) in [6.45, 7) is 6.23. The topological polar surface area (TPSA) is 78.4 Å². The number of aliphatic imine (C=N–C) groups is 1. The summed E-state index contributed by atoms with van der Waals surface area (Å²) in [5.41, 5.74) is 2.55. The molecule has 27 heavy (non-hydrogen) atoms. The zero-order valence-corrected chi connectivity index (χ0v) is 15.8. The van der Waals surface area contributed by atoms with Gasteiger partial charge in [0.1, 0.15) is 5.82 Å². The van der Waals surface area contributed by atoms with Crippen molar-refractivity contribution >= 4 is 11.9 Å². The van der Waals surface area contributed by atoms with Gasteiger partial charge in [0.15, 0.2) is 5.96 Å². The van der Waals surface area contributed by atoms with E-state index in [1.54, 1.807) is 24.4 Å². The van der Waals surface area contributed by atoms with Crippen LogP contribution in [-0.4, -0.2) is 43.0 Å². The van der Waals surface area contributed by atoms with Gasteiger partial charge in [0.05, 0.1) is 5.56 Å². The molecule has 3 N–H and O–H groups in total. The van der Waals surface area contributed by atoms with Gasteiger partial charge in [0.25, 0.3) is 5.91 Å². The third kappa shape index (κ3) is 7.05. The van der Waals surface area contributed by atoms with Crippen molar-refractivity contribution in [1.29, 1.82) is 0 Å². The number of rotatable bonds is 8. The summed E-state index contributed by atoms with van der Waals surface area (Å²) in [5, 5.41) is 9.19. The second kappa shape index (κ2) is 10.9. The number of pyridine rings is 1. The van der Waals surface area contributed by atoms with Crippen molar-refractivity contribution in [3.05, 3.63) is 65.2 Å². The van der Waals surface area contributed by atoms with E-state index in [-0.39, 0.29) is 11.7 Å². The summed E-state index contributed by atoms with van der Waals surface area (Å²) in [6.07, 6.45) is 3.90. The number of nitrogens with zero attached hydrogens (tertiary/aromatic N) is 2. The minimum Gasteiger partial charge on any atom is -0.357 e. The molecule has 144 valence electrons. The Bertz CT molecular complexity index is 764. The Morgan fingerprint density at radius 3 is 2.70 bits per heavy atom. The fourth-order valence-electron chi connectivity index (χ4n) is 2.53. The number of carbonyl (C=O) groups is 1. The number of benzene rings is 1. The second-order valence-electron chi connectivity index (χ2n) is 6.01. The van der Waals surface area contributed by atoms with Crippen LogP contribution in [0.3, 0.4) is 0 Å². The molecule has 0 radical (unpaired) electrons. The number of halogens is 1. The van der Waals surface area contributed by atoms with E-state index in [1.807, 2.05) is 13.8 Å². The first-order valence-corrected chi connectivity index (χ1v) is 9.05. The molecule has 0 spiro atoms. The molecular formula is C20H26FN5O. The van der Waals surface area contributed by atoms with E-state index < -0.39 is 0 Å². The summed E-state index contributed by atoms with van der Waals surface area (Å²) < 4.78 is 13.2. The molecule has 1 aromatic carbocycles. The lowest BCUT2D eigenvalue weighted by Gasteiger charge is -2.12. The third-order valence-corrected chi connectivity index (χ3v) is 3.93. The number of hydrogen-bond donors (Lipinski definition) is 3. The van der Waals surface area contributed by atoms with Gasteiger partial charge in [-0.05, 0) is 55.7 Å². The number of nitrogens with one attached hydrogen (secondary N) is 3. The van der Waals surface area contributed by atoms with Gasteiger partial charge in [-0.3, -0.25) is 14.8 Å². The van der Waals surface area contributed by atoms with Crippen LogP contribution in [0.2, 0.25) is 0 Å². The maximum Gasteiger partial charge on any atom is 0.252 e. The van der Waals surface area contributed by atoms with E-state index >= 15 is 0 Å². The minimum atomic E-state index is -0.219. The highest BCUT2D eigenvalue weighted by molar-refractivity contribution is 5.93. The van der Waals surface area contributed by atoms with Crippen LogP contribution in [-0.2, 0) is 6.42 Å². The molecule has 6 nitrogen and oxygen atoms in total. The summed E-state index contributed by atoms with van der Waals surface area (Å²) in [7, 11) is 0. The van der Waals surface area contributed by atoms with Crippen molar-refractivity contribution in [2.24, 2.45) is 4.99 Å². The van der Waals surface area contributed by atoms with Crippen LogP contribution in [0, 0.1) is 12.7 Å². The molecule has 0 unspecified atom stereocenters. The molecule has 1 heterocycles. The Morgan fingerprint density at radius 1 is 1.19 bits per heavy atom. The van der Waals surface area contributed by atoms with Gasteiger partial charge in [-0.25, -0.2) is 4.39 Å². The van der Waals surface area contributed by atoms with Crippen molar-refractivity contribution in [2.45, 2.75) is 20.3 Å². The number of aryl methyl sites for hydroxylation is 1. The number of hydrogen-bond acceptors (Lipinski definition) is 3. The Morgan fingerprint density at radius 2 is 2.00 bits per heavy atom. The van der Waals surface area contributed by atoms with Crippen LogP contribution < -0.4 is 16.0 Å².